The first-order valence-corrected chi connectivity index (χ1v) is 18.0. The molecule has 0 spiro atoms. The molecule has 54 heavy (non-hydrogen) atoms. The molecule has 0 aliphatic carbocycles. The van der Waals surface area contributed by atoms with E-state index in [-0.39, 0.29) is 0 Å². The fourth-order valence-electron chi connectivity index (χ4n) is 8.34. The van der Waals surface area contributed by atoms with E-state index < -0.39 is 0 Å². The zero-order valence-corrected chi connectivity index (χ0v) is 29.1. The zero-order valence-electron chi connectivity index (χ0n) is 29.1. The summed E-state index contributed by atoms with van der Waals surface area (Å²) in [7, 11) is 0. The molecule has 10 rings (SSSR count). The lowest BCUT2D eigenvalue weighted by Crippen LogP contribution is -2.03. The van der Waals surface area contributed by atoms with Gasteiger partial charge in [0.15, 0.2) is 0 Å². The predicted molar refractivity (Wildman–Crippen MR) is 221 cm³/mol. The smallest absolute Gasteiger partial charge is 0.0998 e. The molecule has 0 saturated carbocycles. The highest BCUT2D eigenvalue weighted by Crippen LogP contribution is 2.47. The van der Waals surface area contributed by atoms with Gasteiger partial charge in [0.2, 0.25) is 0 Å². The Bertz CT molecular complexity index is 3060. The van der Waals surface area contributed by atoms with Crippen LogP contribution in [0.3, 0.4) is 0 Å². The molecule has 0 amide bonds. The van der Waals surface area contributed by atoms with E-state index in [0.717, 1.165) is 72.0 Å². The second-order valence-electron chi connectivity index (χ2n) is 13.5. The molecule has 0 fully saturated rings. The monoisotopic (exact) mass is 686 g/mol. The van der Waals surface area contributed by atoms with Crippen LogP contribution in [0.2, 0.25) is 0 Å². The second kappa shape index (κ2) is 12.5. The number of para-hydroxylation sites is 3. The maximum atomic E-state index is 10.3. The molecular weight excluding hydrogens is 657 g/mol. The van der Waals surface area contributed by atoms with E-state index in [4.69, 9.17) is 0 Å². The third kappa shape index (κ3) is 4.68. The second-order valence-corrected chi connectivity index (χ2v) is 13.5. The SMILES string of the molecule is N#Cc1cccc(C#N)c1-c1cc(-c2ccccc2)c(-n2c3ccccc3c3ccc4c(c5ccccc5n4-c4ccccc4)c32)c(-c2ccccc2)c1. The third-order valence-corrected chi connectivity index (χ3v) is 10.6. The number of benzene rings is 8. The molecule has 0 aliphatic heterocycles. The Morgan fingerprint density at radius 1 is 0.389 bits per heavy atom. The van der Waals surface area contributed by atoms with Gasteiger partial charge in [-0.25, -0.2) is 0 Å². The number of nitriles is 2. The molecule has 0 N–H and O–H groups in total. The lowest BCUT2D eigenvalue weighted by atomic mass is 9.87. The molecular formula is C50H30N4. The molecule has 0 saturated heterocycles. The molecule has 10 aromatic rings. The van der Waals surface area contributed by atoms with E-state index in [1.165, 1.54) is 10.8 Å². The first-order chi connectivity index (χ1) is 26.7. The van der Waals surface area contributed by atoms with Crippen molar-refractivity contribution in [1.29, 1.82) is 10.5 Å². The van der Waals surface area contributed by atoms with E-state index >= 15 is 0 Å². The van der Waals surface area contributed by atoms with Gasteiger partial charge in [-0.05, 0) is 71.3 Å². The molecule has 0 aliphatic rings. The van der Waals surface area contributed by atoms with Crippen molar-refractivity contribution in [1.82, 2.24) is 9.13 Å². The van der Waals surface area contributed by atoms with E-state index in [0.29, 0.717) is 16.7 Å². The first kappa shape index (κ1) is 31.1. The Balaban J connectivity index is 1.45. The van der Waals surface area contributed by atoms with Crippen LogP contribution in [0.1, 0.15) is 11.1 Å². The summed E-state index contributed by atoms with van der Waals surface area (Å²) in [5.74, 6) is 0. The minimum absolute atomic E-state index is 0.465. The van der Waals surface area contributed by atoms with Crippen LogP contribution in [0.5, 0.6) is 0 Å². The largest absolute Gasteiger partial charge is 0.309 e. The molecule has 0 atom stereocenters. The number of hydrogen-bond donors (Lipinski definition) is 0. The van der Waals surface area contributed by atoms with Crippen molar-refractivity contribution in [2.75, 3.05) is 0 Å². The van der Waals surface area contributed by atoms with E-state index in [9.17, 15) is 10.5 Å². The van der Waals surface area contributed by atoms with E-state index in [2.05, 4.69) is 173 Å². The van der Waals surface area contributed by atoms with Gasteiger partial charge >= 0.3 is 0 Å². The maximum absolute atomic E-state index is 10.3. The number of rotatable bonds is 5. The molecule has 4 heteroatoms. The standard InChI is InChI=1S/C50H30N4/c51-31-35-19-14-20-36(32-52)47(35)37-29-42(33-15-4-1-5-16-33)49(43(30-37)34-17-6-2-7-18-34)54-44-25-12-10-23-39(44)40-27-28-46-48(50(40)54)41-24-11-13-26-45(41)53(46)38-21-8-3-9-22-38/h1-30H. The van der Waals surface area contributed by atoms with Crippen LogP contribution in [0.15, 0.2) is 182 Å². The highest BCUT2D eigenvalue weighted by molar-refractivity contribution is 6.26. The Morgan fingerprint density at radius 2 is 0.907 bits per heavy atom. The van der Waals surface area contributed by atoms with Gasteiger partial charge in [-0.2, -0.15) is 10.5 Å². The van der Waals surface area contributed by atoms with Gasteiger partial charge in [0.25, 0.3) is 0 Å². The maximum Gasteiger partial charge on any atom is 0.0998 e. The van der Waals surface area contributed by atoms with Crippen molar-refractivity contribution in [2.45, 2.75) is 0 Å². The summed E-state index contributed by atoms with van der Waals surface area (Å²) >= 11 is 0. The molecule has 0 bridgehead atoms. The molecule has 0 radical (unpaired) electrons. The summed E-state index contributed by atoms with van der Waals surface area (Å²) in [6.07, 6.45) is 0. The Morgan fingerprint density at radius 3 is 1.50 bits per heavy atom. The van der Waals surface area contributed by atoms with Crippen molar-refractivity contribution in [2.24, 2.45) is 0 Å². The third-order valence-electron chi connectivity index (χ3n) is 10.6. The highest BCUT2D eigenvalue weighted by Gasteiger charge is 2.26. The number of fused-ring (bicyclic) bond motifs is 7. The van der Waals surface area contributed by atoms with Crippen LogP contribution < -0.4 is 0 Å². The lowest BCUT2D eigenvalue weighted by Gasteiger charge is -2.22. The fourth-order valence-corrected chi connectivity index (χ4v) is 8.34. The van der Waals surface area contributed by atoms with Gasteiger partial charge in [-0.15, -0.1) is 0 Å². The van der Waals surface area contributed by atoms with Crippen molar-refractivity contribution < 1.29 is 0 Å². The van der Waals surface area contributed by atoms with Gasteiger partial charge in [-0.3, -0.25) is 0 Å². The van der Waals surface area contributed by atoms with Gasteiger partial charge in [0, 0.05) is 43.9 Å². The topological polar surface area (TPSA) is 57.4 Å². The highest BCUT2D eigenvalue weighted by atomic mass is 15.0. The molecule has 8 aromatic carbocycles. The van der Waals surface area contributed by atoms with Gasteiger partial charge in [-0.1, -0.05) is 127 Å². The quantitative estimate of drug-likeness (QED) is 0.181. The van der Waals surface area contributed by atoms with E-state index in [1.807, 2.05) is 12.1 Å². The summed E-state index contributed by atoms with van der Waals surface area (Å²) in [5, 5.41) is 25.3. The predicted octanol–water partition coefficient (Wildman–Crippen LogP) is 12.6. The minimum Gasteiger partial charge on any atom is -0.309 e. The van der Waals surface area contributed by atoms with Gasteiger partial charge < -0.3 is 9.13 Å². The molecule has 2 heterocycles. The van der Waals surface area contributed by atoms with Crippen molar-refractivity contribution in [3.05, 3.63) is 193 Å². The summed E-state index contributed by atoms with van der Waals surface area (Å²) in [4.78, 5) is 0. The lowest BCUT2D eigenvalue weighted by molar-refractivity contribution is 1.17. The van der Waals surface area contributed by atoms with Gasteiger partial charge in [0.1, 0.15) is 0 Å². The van der Waals surface area contributed by atoms with Crippen molar-refractivity contribution in [3.63, 3.8) is 0 Å². The molecule has 250 valence electrons. The average molecular weight is 687 g/mol. The summed E-state index contributed by atoms with van der Waals surface area (Å²) in [6.45, 7) is 0. The average Bonchev–Trinajstić information content (AvgIpc) is 3.76. The molecule has 2 aromatic heterocycles. The van der Waals surface area contributed by atoms with Crippen LogP contribution in [-0.4, -0.2) is 9.13 Å². The number of hydrogen-bond acceptors (Lipinski definition) is 2. The summed E-state index contributed by atoms with van der Waals surface area (Å²) < 4.78 is 4.83. The minimum atomic E-state index is 0.465. The zero-order chi connectivity index (χ0) is 36.2. The summed E-state index contributed by atoms with van der Waals surface area (Å²) in [5.41, 5.74) is 13.1. The number of aromatic nitrogens is 2. The van der Waals surface area contributed by atoms with Crippen LogP contribution in [0.25, 0.3) is 88.4 Å². The van der Waals surface area contributed by atoms with Crippen molar-refractivity contribution in [3.8, 4) is 56.9 Å². The summed E-state index contributed by atoms with van der Waals surface area (Å²) in [6, 6.07) is 67.8. The van der Waals surface area contributed by atoms with E-state index in [1.54, 1.807) is 18.2 Å². The van der Waals surface area contributed by atoms with Crippen LogP contribution in [0, 0.1) is 22.7 Å². The fraction of sp³-hybridized carbons (Fsp3) is 0. The van der Waals surface area contributed by atoms with Gasteiger partial charge in [0.05, 0.1) is 51.0 Å². The van der Waals surface area contributed by atoms with Crippen LogP contribution in [0.4, 0.5) is 0 Å². The molecule has 4 nitrogen and oxygen atoms in total. The number of nitrogens with zero attached hydrogens (tertiary/aromatic N) is 4. The van der Waals surface area contributed by atoms with Crippen LogP contribution >= 0.6 is 0 Å². The Labute approximate surface area is 312 Å². The Kier molecular flexibility index (Phi) is 7.22. The molecule has 0 unspecified atom stereocenters. The van der Waals surface area contributed by atoms with Crippen molar-refractivity contribution >= 4 is 43.6 Å². The van der Waals surface area contributed by atoms with Crippen LogP contribution in [-0.2, 0) is 0 Å². The first-order valence-electron chi connectivity index (χ1n) is 18.0. The normalized spacial score (nSPS) is 11.3. The Hall–Kier alpha value is -7.66.